The van der Waals surface area contributed by atoms with Crippen molar-refractivity contribution in [3.63, 3.8) is 0 Å². The van der Waals surface area contributed by atoms with Crippen LogP contribution >= 0.6 is 0 Å². The van der Waals surface area contributed by atoms with Crippen LogP contribution in [0.1, 0.15) is 32.6 Å². The molecule has 2 aliphatic rings. The van der Waals surface area contributed by atoms with Gasteiger partial charge in [0.15, 0.2) is 0 Å². The van der Waals surface area contributed by atoms with Crippen molar-refractivity contribution >= 4 is 12.0 Å². The topological polar surface area (TPSA) is 60.9 Å². The van der Waals surface area contributed by atoms with E-state index in [1.165, 1.54) is 6.42 Å². The van der Waals surface area contributed by atoms with E-state index in [0.717, 1.165) is 25.3 Å². The molecule has 0 aromatic rings. The van der Waals surface area contributed by atoms with E-state index in [1.54, 1.807) is 9.80 Å². The molecule has 18 heavy (non-hydrogen) atoms. The van der Waals surface area contributed by atoms with Crippen molar-refractivity contribution in [1.82, 2.24) is 9.80 Å². The molecule has 2 aliphatic carbocycles. The molecular formula is C13H22N2O3. The average molecular weight is 254 g/mol. The normalized spacial score (nSPS) is 25.7. The van der Waals surface area contributed by atoms with Gasteiger partial charge in [0.2, 0.25) is 0 Å². The highest BCUT2D eigenvalue weighted by molar-refractivity contribution is 5.76. The molecule has 2 saturated carbocycles. The minimum Gasteiger partial charge on any atom is -0.481 e. The molecule has 0 aliphatic heterocycles. The second kappa shape index (κ2) is 5.16. The zero-order valence-electron chi connectivity index (χ0n) is 11.1. The Morgan fingerprint density at radius 3 is 2.39 bits per heavy atom. The van der Waals surface area contributed by atoms with Crippen molar-refractivity contribution in [1.29, 1.82) is 0 Å². The van der Waals surface area contributed by atoms with Gasteiger partial charge < -0.3 is 14.9 Å². The van der Waals surface area contributed by atoms with Gasteiger partial charge in [-0.2, -0.15) is 0 Å². The van der Waals surface area contributed by atoms with Crippen molar-refractivity contribution in [2.45, 2.75) is 38.6 Å². The summed E-state index contributed by atoms with van der Waals surface area (Å²) in [5.74, 6) is 0.528. The second-order valence-corrected chi connectivity index (χ2v) is 5.70. The van der Waals surface area contributed by atoms with Crippen LogP contribution < -0.4 is 0 Å². The van der Waals surface area contributed by atoms with Crippen LogP contribution in [0, 0.1) is 11.8 Å². The number of urea groups is 1. The summed E-state index contributed by atoms with van der Waals surface area (Å²) in [6.07, 6.45) is 3.27. The Balaban J connectivity index is 1.84. The third-order valence-electron chi connectivity index (χ3n) is 3.91. The van der Waals surface area contributed by atoms with Crippen molar-refractivity contribution in [2.24, 2.45) is 11.8 Å². The highest BCUT2D eigenvalue weighted by Gasteiger charge is 2.38. The van der Waals surface area contributed by atoms with E-state index in [4.69, 9.17) is 5.11 Å². The van der Waals surface area contributed by atoms with Gasteiger partial charge in [-0.25, -0.2) is 4.79 Å². The number of carboxylic acid groups (broad SMARTS) is 1. The lowest BCUT2D eigenvalue weighted by Crippen LogP contribution is -2.44. The lowest BCUT2D eigenvalue weighted by Gasteiger charge is -2.28. The number of carbonyl (C=O) groups excluding carboxylic acids is 1. The maximum absolute atomic E-state index is 12.3. The van der Waals surface area contributed by atoms with Gasteiger partial charge in [-0.15, -0.1) is 0 Å². The molecule has 0 heterocycles. The molecule has 5 heteroatoms. The summed E-state index contributed by atoms with van der Waals surface area (Å²) in [5.41, 5.74) is 0. The minimum absolute atomic E-state index is 0.00199. The van der Waals surface area contributed by atoms with Crippen molar-refractivity contribution in [3.05, 3.63) is 0 Å². The Bertz CT molecular complexity index is 341. The van der Waals surface area contributed by atoms with Crippen LogP contribution in [0.3, 0.4) is 0 Å². The predicted octanol–water partition coefficient (Wildman–Crippen LogP) is 1.63. The van der Waals surface area contributed by atoms with Crippen LogP contribution in [0.5, 0.6) is 0 Å². The highest BCUT2D eigenvalue weighted by atomic mass is 16.4. The number of rotatable bonds is 6. The Morgan fingerprint density at radius 1 is 1.33 bits per heavy atom. The molecule has 102 valence electrons. The fourth-order valence-corrected chi connectivity index (χ4v) is 2.34. The zero-order valence-corrected chi connectivity index (χ0v) is 11.1. The van der Waals surface area contributed by atoms with Gasteiger partial charge >= 0.3 is 12.0 Å². The smallest absolute Gasteiger partial charge is 0.320 e. The monoisotopic (exact) mass is 254 g/mol. The number of hydrogen-bond donors (Lipinski definition) is 1. The Hall–Kier alpha value is -1.26. The van der Waals surface area contributed by atoms with Gasteiger partial charge in [0.1, 0.15) is 0 Å². The van der Waals surface area contributed by atoms with Gasteiger partial charge in [-0.1, -0.05) is 6.92 Å². The van der Waals surface area contributed by atoms with Crippen LogP contribution in [-0.4, -0.2) is 53.1 Å². The molecule has 0 aromatic heterocycles. The number of aliphatic carboxylic acids is 1. The molecule has 0 spiro atoms. The van der Waals surface area contributed by atoms with Crippen LogP contribution in [0.15, 0.2) is 0 Å². The van der Waals surface area contributed by atoms with Crippen LogP contribution in [-0.2, 0) is 4.79 Å². The number of amides is 2. The third-order valence-corrected chi connectivity index (χ3v) is 3.91. The summed E-state index contributed by atoms with van der Waals surface area (Å²) < 4.78 is 0. The summed E-state index contributed by atoms with van der Waals surface area (Å²) in [7, 11) is 1.82. The number of carbonyl (C=O) groups is 2. The van der Waals surface area contributed by atoms with E-state index >= 15 is 0 Å². The molecule has 2 rings (SSSR count). The summed E-state index contributed by atoms with van der Waals surface area (Å²) >= 11 is 0. The molecule has 0 bridgehead atoms. The second-order valence-electron chi connectivity index (χ2n) is 5.70. The van der Waals surface area contributed by atoms with E-state index in [-0.39, 0.29) is 18.5 Å². The first-order chi connectivity index (χ1) is 8.49. The number of nitrogens with zero attached hydrogens (tertiary/aromatic N) is 2. The average Bonchev–Trinajstić information content (AvgIpc) is 3.18. The summed E-state index contributed by atoms with van der Waals surface area (Å²) in [4.78, 5) is 26.4. The molecule has 1 N–H and O–H groups in total. The predicted molar refractivity (Wildman–Crippen MR) is 67.3 cm³/mol. The van der Waals surface area contributed by atoms with E-state index in [1.807, 2.05) is 7.05 Å². The van der Waals surface area contributed by atoms with Gasteiger partial charge in [0.25, 0.3) is 0 Å². The molecule has 2 atom stereocenters. The molecule has 0 aromatic carbocycles. The van der Waals surface area contributed by atoms with Gasteiger partial charge in [-0.3, -0.25) is 4.79 Å². The SMILES string of the molecule is CC1CC1CN(C)C(=O)N(CCC(=O)O)C1CC1. The standard InChI is InChI=1S/C13H22N2O3/c1-9-7-10(9)8-14(2)13(18)15(11-3-4-11)6-5-12(16)17/h9-11H,3-8H2,1-2H3,(H,16,17). The molecule has 5 nitrogen and oxygen atoms in total. The van der Waals surface area contributed by atoms with E-state index in [0.29, 0.717) is 12.5 Å². The molecule has 2 amide bonds. The molecule has 0 saturated heterocycles. The maximum atomic E-state index is 12.3. The van der Waals surface area contributed by atoms with E-state index in [2.05, 4.69) is 6.92 Å². The van der Waals surface area contributed by atoms with Crippen LogP contribution in [0.2, 0.25) is 0 Å². The molecular weight excluding hydrogens is 232 g/mol. The summed E-state index contributed by atoms with van der Waals surface area (Å²) in [5, 5.41) is 8.72. The largest absolute Gasteiger partial charge is 0.481 e. The van der Waals surface area contributed by atoms with E-state index in [9.17, 15) is 9.59 Å². The first-order valence-corrected chi connectivity index (χ1v) is 6.72. The van der Waals surface area contributed by atoms with E-state index < -0.39 is 5.97 Å². The first-order valence-electron chi connectivity index (χ1n) is 6.72. The van der Waals surface area contributed by atoms with Crippen molar-refractivity contribution in [2.75, 3.05) is 20.1 Å². The zero-order chi connectivity index (χ0) is 13.3. The van der Waals surface area contributed by atoms with Crippen molar-refractivity contribution in [3.8, 4) is 0 Å². The summed E-state index contributed by atoms with van der Waals surface area (Å²) in [6, 6.07) is 0.272. The summed E-state index contributed by atoms with van der Waals surface area (Å²) in [6.45, 7) is 3.34. The highest BCUT2D eigenvalue weighted by Crippen LogP contribution is 2.38. The van der Waals surface area contributed by atoms with Gasteiger partial charge in [-0.05, 0) is 31.1 Å². The van der Waals surface area contributed by atoms with Gasteiger partial charge in [0.05, 0.1) is 6.42 Å². The quantitative estimate of drug-likeness (QED) is 0.783. The fraction of sp³-hybridized carbons (Fsp3) is 0.846. The number of carboxylic acids is 1. The minimum atomic E-state index is -0.841. The van der Waals surface area contributed by atoms with Crippen molar-refractivity contribution < 1.29 is 14.7 Å². The Labute approximate surface area is 108 Å². The lowest BCUT2D eigenvalue weighted by atomic mass is 10.3. The Morgan fingerprint density at radius 2 is 1.94 bits per heavy atom. The van der Waals surface area contributed by atoms with Crippen LogP contribution in [0.25, 0.3) is 0 Å². The third kappa shape index (κ3) is 3.37. The molecule has 2 fully saturated rings. The molecule has 2 unspecified atom stereocenters. The number of hydrogen-bond acceptors (Lipinski definition) is 2. The van der Waals surface area contributed by atoms with Gasteiger partial charge in [0, 0.05) is 26.2 Å². The fourth-order valence-electron chi connectivity index (χ4n) is 2.34. The maximum Gasteiger partial charge on any atom is 0.320 e. The Kier molecular flexibility index (Phi) is 3.78. The lowest BCUT2D eigenvalue weighted by molar-refractivity contribution is -0.137. The molecule has 0 radical (unpaired) electrons. The first kappa shape index (κ1) is 13.2. The van der Waals surface area contributed by atoms with Crippen LogP contribution in [0.4, 0.5) is 4.79 Å².